The second-order valence-electron chi connectivity index (χ2n) is 0.459. The van der Waals surface area contributed by atoms with E-state index in [0.717, 1.165) is 0 Å². The Bertz CT molecular complexity index is 28.1. The first-order valence-corrected chi connectivity index (χ1v) is 2.04. The van der Waals surface area contributed by atoms with Crippen molar-refractivity contribution in [1.29, 1.82) is 0 Å². The molecule has 0 fully saturated rings. The normalized spacial score (nSPS) is 7.60. The average molecular weight is 147 g/mol. The predicted octanol–water partition coefficient (Wildman–Crippen LogP) is 1.76. The van der Waals surface area contributed by atoms with Gasteiger partial charge in [-0.1, -0.05) is 22.0 Å². The number of hydrogen-bond donors (Lipinski definition) is 0. The van der Waals surface area contributed by atoms with Crippen LogP contribution in [0, 0.1) is 0 Å². The molecule has 0 N–H and O–H groups in total. The molecule has 0 aliphatic heterocycles. The molecule has 0 aromatic carbocycles. The first-order valence-electron chi connectivity index (χ1n) is 1.13. The van der Waals surface area contributed by atoms with Gasteiger partial charge >= 0.3 is 23.1 Å². The maximum absolute atomic E-state index is 3.07. The Hall–Kier alpha value is 0.986. The molecule has 0 bridgehead atoms. The minimum atomic E-state index is 0. The van der Waals surface area contributed by atoms with Crippen LogP contribution in [0.4, 0.5) is 0 Å². The summed E-state index contributed by atoms with van der Waals surface area (Å²) in [4.78, 5) is 1.81. The van der Waals surface area contributed by atoms with Gasteiger partial charge < -0.3 is 2.85 Å². The fourth-order valence-corrected chi connectivity index (χ4v) is 0. The third kappa shape index (κ3) is 11.3. The Balaban J connectivity index is -0.0000000150. The van der Waals surface area contributed by atoms with Crippen molar-refractivity contribution in [3.05, 3.63) is 11.1 Å². The van der Waals surface area contributed by atoms with Gasteiger partial charge in [0.1, 0.15) is 0 Å². The molecule has 28 valence electrons. The standard InChI is InChI=1S/C3H5Br.Mg.2H/c1-2-3-4;;;/h2-3H,1H3;;;/q;+2;2*-1/b3-2+;;;. The second kappa shape index (κ2) is 8.88. The third-order valence-electron chi connectivity index (χ3n) is 0.126. The quantitative estimate of drug-likeness (QED) is 0.458. The van der Waals surface area contributed by atoms with Crippen LogP contribution < -0.4 is 0 Å². The van der Waals surface area contributed by atoms with Crippen molar-refractivity contribution in [2.45, 2.75) is 6.92 Å². The first kappa shape index (κ1) is 9.37. The van der Waals surface area contributed by atoms with Crippen molar-refractivity contribution in [2.75, 3.05) is 0 Å². The predicted molar refractivity (Wildman–Crippen MR) is 31.7 cm³/mol. The van der Waals surface area contributed by atoms with Crippen LogP contribution in [0.15, 0.2) is 11.1 Å². The van der Waals surface area contributed by atoms with Gasteiger partial charge in [0, 0.05) is 0 Å². The van der Waals surface area contributed by atoms with Crippen molar-refractivity contribution in [2.24, 2.45) is 0 Å². The molecule has 0 nitrogen and oxygen atoms in total. The van der Waals surface area contributed by atoms with Gasteiger partial charge in [-0.2, -0.15) is 0 Å². The van der Waals surface area contributed by atoms with Gasteiger partial charge in [-0.15, -0.1) is 0 Å². The van der Waals surface area contributed by atoms with Gasteiger partial charge in [0.25, 0.3) is 0 Å². The first-order chi connectivity index (χ1) is 1.91. The van der Waals surface area contributed by atoms with Crippen LogP contribution in [0.1, 0.15) is 9.78 Å². The summed E-state index contributed by atoms with van der Waals surface area (Å²) in [6.07, 6.45) is 1.92. The fraction of sp³-hybridized carbons (Fsp3) is 0.333. The zero-order valence-corrected chi connectivity index (χ0v) is 6.24. The largest absolute Gasteiger partial charge is 2.00 e. The van der Waals surface area contributed by atoms with E-state index in [0.29, 0.717) is 0 Å². The van der Waals surface area contributed by atoms with Crippen LogP contribution in [0.5, 0.6) is 0 Å². The Morgan fingerprint density at radius 1 is 1.80 bits per heavy atom. The Morgan fingerprint density at radius 2 is 2.00 bits per heavy atom. The summed E-state index contributed by atoms with van der Waals surface area (Å²) < 4.78 is 0. The van der Waals surface area contributed by atoms with Gasteiger partial charge in [0.15, 0.2) is 0 Å². The molecule has 0 aliphatic rings. The average Bonchev–Trinajstić information content (AvgIpc) is 1.37. The van der Waals surface area contributed by atoms with Crippen LogP contribution in [0.3, 0.4) is 0 Å². The van der Waals surface area contributed by atoms with E-state index in [1.165, 1.54) is 0 Å². The van der Waals surface area contributed by atoms with E-state index < -0.39 is 0 Å². The summed E-state index contributed by atoms with van der Waals surface area (Å²) in [6.45, 7) is 1.95. The van der Waals surface area contributed by atoms with Crippen molar-refractivity contribution in [3.63, 3.8) is 0 Å². The van der Waals surface area contributed by atoms with Crippen molar-refractivity contribution < 1.29 is 2.85 Å². The summed E-state index contributed by atoms with van der Waals surface area (Å²) in [5.41, 5.74) is 0. The Morgan fingerprint density at radius 3 is 2.00 bits per heavy atom. The van der Waals surface area contributed by atoms with Crippen LogP contribution in [0.2, 0.25) is 0 Å². The maximum Gasteiger partial charge on any atom is 2.00 e. The van der Waals surface area contributed by atoms with E-state index in [4.69, 9.17) is 0 Å². The molecule has 0 aromatic rings. The van der Waals surface area contributed by atoms with Crippen LogP contribution in [0.25, 0.3) is 0 Å². The minimum absolute atomic E-state index is 0. The summed E-state index contributed by atoms with van der Waals surface area (Å²) in [7, 11) is 0. The molecule has 0 unspecified atom stereocenters. The minimum Gasteiger partial charge on any atom is -1.00 e. The monoisotopic (exact) mass is 146 g/mol. The van der Waals surface area contributed by atoms with E-state index in [9.17, 15) is 0 Å². The van der Waals surface area contributed by atoms with Gasteiger partial charge in [-0.25, -0.2) is 0 Å². The molecule has 5 heavy (non-hydrogen) atoms. The van der Waals surface area contributed by atoms with Crippen molar-refractivity contribution >= 4 is 39.0 Å². The molecule has 0 radical (unpaired) electrons. The molecule has 0 rings (SSSR count). The molecule has 0 saturated heterocycles. The molecular weight excluding hydrogens is 140 g/mol. The molecular formula is C3H7BrMg. The van der Waals surface area contributed by atoms with Gasteiger partial charge in [-0.05, 0) is 11.9 Å². The maximum atomic E-state index is 3.07. The van der Waals surface area contributed by atoms with Crippen LogP contribution in [-0.4, -0.2) is 23.1 Å². The fourth-order valence-electron chi connectivity index (χ4n) is 0. The summed E-state index contributed by atoms with van der Waals surface area (Å²) in [6, 6.07) is 0. The van der Waals surface area contributed by atoms with Gasteiger partial charge in [0.05, 0.1) is 0 Å². The number of hydrogen-bond acceptors (Lipinski definition) is 0. The molecule has 2 heteroatoms. The van der Waals surface area contributed by atoms with E-state index in [2.05, 4.69) is 15.9 Å². The summed E-state index contributed by atoms with van der Waals surface area (Å²) in [5, 5.41) is 0. The Kier molecular flexibility index (Phi) is 16.6. The SMILES string of the molecule is C/C=C/Br.[H-].[H-].[Mg+2]. The molecule has 0 atom stereocenters. The smallest absolute Gasteiger partial charge is 1.00 e. The zero-order chi connectivity index (χ0) is 3.41. The van der Waals surface area contributed by atoms with Gasteiger partial charge in [-0.3, -0.25) is 0 Å². The van der Waals surface area contributed by atoms with Crippen LogP contribution >= 0.6 is 15.9 Å². The molecule has 0 heterocycles. The summed E-state index contributed by atoms with van der Waals surface area (Å²) >= 11 is 3.07. The molecule has 0 amide bonds. The van der Waals surface area contributed by atoms with E-state index in [-0.39, 0.29) is 25.9 Å². The third-order valence-corrected chi connectivity index (χ3v) is 0.655. The number of halogens is 1. The molecule has 0 saturated carbocycles. The van der Waals surface area contributed by atoms with Gasteiger partial charge in [0.2, 0.25) is 0 Å². The second-order valence-corrected chi connectivity index (χ2v) is 0.988. The topological polar surface area (TPSA) is 0 Å². The van der Waals surface area contributed by atoms with E-state index >= 15 is 0 Å². The number of rotatable bonds is 0. The van der Waals surface area contributed by atoms with E-state index in [1.54, 1.807) is 0 Å². The van der Waals surface area contributed by atoms with Crippen LogP contribution in [-0.2, 0) is 0 Å². The van der Waals surface area contributed by atoms with Crippen molar-refractivity contribution in [3.8, 4) is 0 Å². The molecule has 0 aromatic heterocycles. The molecule has 0 aliphatic carbocycles. The Labute approximate surface area is 59.9 Å². The summed E-state index contributed by atoms with van der Waals surface area (Å²) in [5.74, 6) is 0. The van der Waals surface area contributed by atoms with E-state index in [1.807, 2.05) is 18.0 Å². The number of allylic oxidation sites excluding steroid dienone is 1. The van der Waals surface area contributed by atoms with Crippen molar-refractivity contribution in [1.82, 2.24) is 0 Å². The zero-order valence-electron chi connectivity index (χ0n) is 5.24. The molecule has 0 spiro atoms.